The number of hydrogen-bond acceptors (Lipinski definition) is 3. The van der Waals surface area contributed by atoms with Crippen LogP contribution in [0.1, 0.15) is 54.1 Å². The largest absolute Gasteiger partial charge is 0.431 e. The van der Waals surface area contributed by atoms with E-state index in [0.29, 0.717) is 5.01 Å². The molecule has 0 unspecified atom stereocenters. The van der Waals surface area contributed by atoms with Gasteiger partial charge in [-0.25, -0.2) is 0 Å². The first kappa shape index (κ1) is 21.0. The number of benzene rings is 2. The van der Waals surface area contributed by atoms with Crippen LogP contribution in [0, 0.1) is 0 Å². The molecule has 1 heterocycles. The minimum atomic E-state index is -4.74. The highest BCUT2D eigenvalue weighted by Gasteiger charge is 2.53. The van der Waals surface area contributed by atoms with Gasteiger partial charge in [-0.1, -0.05) is 62.2 Å². The highest BCUT2D eigenvalue weighted by atomic mass is 19.4. The van der Waals surface area contributed by atoms with Gasteiger partial charge in [0.05, 0.1) is 6.42 Å². The third-order valence-electron chi connectivity index (χ3n) is 5.01. The van der Waals surface area contributed by atoms with Crippen molar-refractivity contribution in [2.45, 2.75) is 50.9 Å². The van der Waals surface area contributed by atoms with Crippen molar-refractivity contribution in [1.29, 1.82) is 0 Å². The molecule has 7 heteroatoms. The number of unbranched alkanes of at least 4 members (excludes halogenated alkanes) is 2. The van der Waals surface area contributed by atoms with Crippen LogP contribution >= 0.6 is 0 Å². The van der Waals surface area contributed by atoms with Gasteiger partial charge in [-0.2, -0.15) is 23.3 Å². The number of nitrogens with zero attached hydrogens (tertiary/aromatic N) is 2. The molecule has 0 radical (unpaired) electrons. The van der Waals surface area contributed by atoms with Gasteiger partial charge < -0.3 is 5.11 Å². The van der Waals surface area contributed by atoms with E-state index in [2.05, 4.69) is 12.0 Å². The first-order valence-electron chi connectivity index (χ1n) is 9.62. The third-order valence-corrected chi connectivity index (χ3v) is 5.01. The third kappa shape index (κ3) is 4.50. The molecule has 154 valence electrons. The quantitative estimate of drug-likeness (QED) is 0.687. The van der Waals surface area contributed by atoms with Crippen LogP contribution in [0.25, 0.3) is 0 Å². The first-order valence-corrected chi connectivity index (χ1v) is 9.62. The standard InChI is InChI=1S/C22H23F3N2O2/c1-2-3-5-8-16-11-13-18(14-12-16)21(29)15-19(22(23,24)25)26-27(21)20(28)17-9-6-4-7-10-17/h4,6-7,9-14,29H,2-3,5,8,15H2,1H3/t21-/m0/s1. The molecule has 2 aromatic rings. The maximum atomic E-state index is 13.3. The molecule has 3 rings (SSSR count). The van der Waals surface area contributed by atoms with Crippen molar-refractivity contribution in [3.63, 3.8) is 0 Å². The minimum absolute atomic E-state index is 0.147. The summed E-state index contributed by atoms with van der Waals surface area (Å²) in [5.74, 6) is -0.792. The maximum absolute atomic E-state index is 13.3. The number of aliphatic hydroxyl groups is 1. The van der Waals surface area contributed by atoms with Crippen molar-refractivity contribution in [1.82, 2.24) is 5.01 Å². The summed E-state index contributed by atoms with van der Waals surface area (Å²) in [6.45, 7) is 2.11. The molecule has 0 bridgehead atoms. The van der Waals surface area contributed by atoms with Crippen LogP contribution in [0.3, 0.4) is 0 Å². The average Bonchev–Trinajstić information content (AvgIpc) is 3.08. The number of hydrogen-bond donors (Lipinski definition) is 1. The normalized spacial score (nSPS) is 19.3. The van der Waals surface area contributed by atoms with Crippen LogP contribution in [-0.4, -0.2) is 27.9 Å². The Bertz CT molecular complexity index is 879. The predicted molar refractivity (Wildman–Crippen MR) is 104 cm³/mol. The molecular weight excluding hydrogens is 381 g/mol. The highest BCUT2D eigenvalue weighted by Crippen LogP contribution is 2.40. The Labute approximate surface area is 167 Å². The Morgan fingerprint density at radius 3 is 2.34 bits per heavy atom. The van der Waals surface area contributed by atoms with Crippen LogP contribution in [0.5, 0.6) is 0 Å². The molecule has 1 aliphatic rings. The molecule has 1 N–H and O–H groups in total. The second-order valence-electron chi connectivity index (χ2n) is 7.17. The number of carbonyl (C=O) groups excluding carboxylic acids is 1. The lowest BCUT2D eigenvalue weighted by molar-refractivity contribution is -0.0816. The number of aryl methyl sites for hydroxylation is 1. The summed E-state index contributed by atoms with van der Waals surface area (Å²) in [6, 6.07) is 14.5. The molecule has 0 fully saturated rings. The molecule has 2 aromatic carbocycles. The Kier molecular flexibility index (Phi) is 6.07. The van der Waals surface area contributed by atoms with Gasteiger partial charge in [-0.3, -0.25) is 4.79 Å². The van der Waals surface area contributed by atoms with Gasteiger partial charge in [-0.05, 0) is 30.5 Å². The van der Waals surface area contributed by atoms with E-state index in [-0.39, 0.29) is 11.1 Å². The van der Waals surface area contributed by atoms with Crippen LogP contribution in [0.2, 0.25) is 0 Å². The number of rotatable bonds is 6. The molecule has 0 aliphatic carbocycles. The van der Waals surface area contributed by atoms with Crippen molar-refractivity contribution >= 4 is 11.6 Å². The van der Waals surface area contributed by atoms with Crippen molar-refractivity contribution in [3.05, 3.63) is 71.3 Å². The van der Waals surface area contributed by atoms with Gasteiger partial charge in [0.25, 0.3) is 5.91 Å². The van der Waals surface area contributed by atoms with Crippen LogP contribution in [-0.2, 0) is 12.1 Å². The fourth-order valence-corrected chi connectivity index (χ4v) is 3.36. The Hall–Kier alpha value is -2.67. The Morgan fingerprint density at radius 2 is 1.76 bits per heavy atom. The van der Waals surface area contributed by atoms with E-state index in [0.717, 1.165) is 31.2 Å². The number of alkyl halides is 3. The van der Waals surface area contributed by atoms with E-state index < -0.39 is 29.9 Å². The van der Waals surface area contributed by atoms with Gasteiger partial charge in [0, 0.05) is 11.1 Å². The fourth-order valence-electron chi connectivity index (χ4n) is 3.36. The van der Waals surface area contributed by atoms with Crippen LogP contribution in [0.15, 0.2) is 59.7 Å². The van der Waals surface area contributed by atoms with Crippen molar-refractivity contribution in [2.24, 2.45) is 5.10 Å². The van der Waals surface area contributed by atoms with E-state index in [1.165, 1.54) is 12.1 Å². The molecule has 0 saturated carbocycles. The molecule has 1 aliphatic heterocycles. The smallest absolute Gasteiger partial charge is 0.365 e. The zero-order chi connectivity index (χ0) is 21.1. The summed E-state index contributed by atoms with van der Waals surface area (Å²) in [5, 5.41) is 15.2. The Balaban J connectivity index is 1.93. The molecule has 0 aromatic heterocycles. The number of carbonyl (C=O) groups is 1. The van der Waals surface area contributed by atoms with Crippen molar-refractivity contribution < 1.29 is 23.1 Å². The molecule has 1 amide bonds. The van der Waals surface area contributed by atoms with E-state index in [9.17, 15) is 23.1 Å². The second-order valence-corrected chi connectivity index (χ2v) is 7.17. The molecule has 1 atom stereocenters. The fraction of sp³-hybridized carbons (Fsp3) is 0.364. The molecular formula is C22H23F3N2O2. The van der Waals surface area contributed by atoms with Gasteiger partial charge in [0.15, 0.2) is 5.72 Å². The lowest BCUT2D eigenvalue weighted by Crippen LogP contribution is -2.43. The monoisotopic (exact) mass is 404 g/mol. The topological polar surface area (TPSA) is 52.9 Å². The predicted octanol–water partition coefficient (Wildman–Crippen LogP) is 5.03. The Morgan fingerprint density at radius 1 is 1.10 bits per heavy atom. The van der Waals surface area contributed by atoms with Crippen molar-refractivity contribution in [3.8, 4) is 0 Å². The SMILES string of the molecule is CCCCCc1ccc([C@@]2(O)CC(C(F)(F)F)=NN2C(=O)c2ccccc2)cc1. The molecule has 29 heavy (non-hydrogen) atoms. The number of amides is 1. The van der Waals surface area contributed by atoms with Gasteiger partial charge in [0.1, 0.15) is 5.71 Å². The number of halogens is 3. The van der Waals surface area contributed by atoms with Crippen LogP contribution < -0.4 is 0 Å². The zero-order valence-corrected chi connectivity index (χ0v) is 16.1. The van der Waals surface area contributed by atoms with E-state index in [1.54, 1.807) is 42.5 Å². The summed E-state index contributed by atoms with van der Waals surface area (Å²) < 4.78 is 39.9. The van der Waals surface area contributed by atoms with Gasteiger partial charge in [0.2, 0.25) is 0 Å². The summed E-state index contributed by atoms with van der Waals surface area (Å²) >= 11 is 0. The van der Waals surface area contributed by atoms with E-state index in [4.69, 9.17) is 0 Å². The molecule has 0 spiro atoms. The van der Waals surface area contributed by atoms with Gasteiger partial charge in [-0.15, -0.1) is 0 Å². The molecule has 0 saturated heterocycles. The maximum Gasteiger partial charge on any atom is 0.431 e. The molecule has 4 nitrogen and oxygen atoms in total. The minimum Gasteiger partial charge on any atom is -0.365 e. The van der Waals surface area contributed by atoms with E-state index >= 15 is 0 Å². The highest BCUT2D eigenvalue weighted by molar-refractivity contribution is 5.99. The van der Waals surface area contributed by atoms with E-state index in [1.807, 2.05) is 0 Å². The zero-order valence-electron chi connectivity index (χ0n) is 16.1. The summed E-state index contributed by atoms with van der Waals surface area (Å²) in [6.07, 6.45) is -1.51. The summed E-state index contributed by atoms with van der Waals surface area (Å²) in [5.41, 5.74) is -2.00. The van der Waals surface area contributed by atoms with Crippen molar-refractivity contribution in [2.75, 3.05) is 0 Å². The lowest BCUT2D eigenvalue weighted by atomic mass is 9.94. The lowest BCUT2D eigenvalue weighted by Gasteiger charge is -2.31. The summed E-state index contributed by atoms with van der Waals surface area (Å²) in [7, 11) is 0. The summed E-state index contributed by atoms with van der Waals surface area (Å²) in [4.78, 5) is 12.8. The van der Waals surface area contributed by atoms with Crippen LogP contribution in [0.4, 0.5) is 13.2 Å². The van der Waals surface area contributed by atoms with Gasteiger partial charge >= 0.3 is 6.18 Å². The number of hydrazone groups is 1. The average molecular weight is 404 g/mol. The second kappa shape index (κ2) is 8.37. The first-order chi connectivity index (χ1) is 13.8.